The minimum Gasteiger partial charge on any atom is -0.305 e. The first-order valence-electron chi connectivity index (χ1n) is 3.91. The Morgan fingerprint density at radius 3 is 1.50 bits per heavy atom. The van der Waals surface area contributed by atoms with E-state index in [1.807, 2.05) is 0 Å². The lowest BCUT2D eigenvalue weighted by Crippen LogP contribution is -2.33. The lowest BCUT2D eigenvalue weighted by molar-refractivity contribution is 0.345. The van der Waals surface area contributed by atoms with E-state index >= 15 is 0 Å². The van der Waals surface area contributed by atoms with Crippen molar-refractivity contribution in [1.82, 2.24) is 4.90 Å². The molecule has 11 heteroatoms. The van der Waals surface area contributed by atoms with Gasteiger partial charge in [0.1, 0.15) is 0 Å². The first-order valence-corrected chi connectivity index (χ1v) is 9.80. The van der Waals surface area contributed by atoms with E-state index < -0.39 is 24.3 Å². The molecule has 2 N–H and O–H groups in total. The molecule has 0 unspecified atom stereocenters. The second-order valence-corrected chi connectivity index (χ2v) is 9.83. The van der Waals surface area contributed by atoms with E-state index in [1.54, 1.807) is 19.0 Å². The summed E-state index contributed by atoms with van der Waals surface area (Å²) in [6.07, 6.45) is 0. The maximum absolute atomic E-state index is 10.5. The van der Waals surface area contributed by atoms with Gasteiger partial charge in [-0.25, -0.2) is 0 Å². The van der Waals surface area contributed by atoms with Crippen molar-refractivity contribution < 1.29 is 25.9 Å². The van der Waals surface area contributed by atoms with Crippen LogP contribution < -0.4 is 0 Å². The van der Waals surface area contributed by atoms with Crippen LogP contribution in [0.15, 0.2) is 0 Å². The van der Waals surface area contributed by atoms with Crippen molar-refractivity contribution in [2.45, 2.75) is 6.04 Å². The number of nitrogens with zero attached hydrogens (tertiary/aromatic N) is 1. The normalized spacial score (nSPS) is 13.6. The molecule has 98 valence electrons. The highest BCUT2D eigenvalue weighted by Gasteiger charge is 2.19. The Hall–Kier alpha value is 0.480. The third-order valence-electron chi connectivity index (χ3n) is 1.55. The van der Waals surface area contributed by atoms with Crippen LogP contribution in [0.1, 0.15) is 0 Å². The number of rotatable bonds is 7. The van der Waals surface area contributed by atoms with E-state index in [-0.39, 0.29) is 11.5 Å². The van der Waals surface area contributed by atoms with Gasteiger partial charge in [0.05, 0.1) is 0 Å². The van der Waals surface area contributed by atoms with Crippen LogP contribution in [0.2, 0.25) is 0 Å². The molecule has 0 rings (SSSR count). The molecule has 0 heterocycles. The van der Waals surface area contributed by atoms with Crippen molar-refractivity contribution >= 4 is 39.9 Å². The summed E-state index contributed by atoms with van der Waals surface area (Å²) in [7, 11) is -4.36. The molecule has 0 saturated carbocycles. The van der Waals surface area contributed by atoms with Crippen LogP contribution in [0.4, 0.5) is 0 Å². The van der Waals surface area contributed by atoms with E-state index in [4.69, 9.17) is 9.11 Å². The maximum atomic E-state index is 10.5. The zero-order valence-corrected chi connectivity index (χ0v) is 11.9. The Kier molecular flexibility index (Phi) is 6.62. The summed E-state index contributed by atoms with van der Waals surface area (Å²) in [5, 5.41) is 0. The predicted octanol–water partition coefficient (Wildman–Crippen LogP) is -0.0114. The summed E-state index contributed by atoms with van der Waals surface area (Å²) < 4.78 is 59.0. The number of hydrogen-bond donors (Lipinski definition) is 2. The average Bonchev–Trinajstić information content (AvgIpc) is 1.98. The van der Waals surface area contributed by atoms with Gasteiger partial charge in [0.25, 0.3) is 0 Å². The van der Waals surface area contributed by atoms with Gasteiger partial charge in [-0.1, -0.05) is 0 Å². The van der Waals surface area contributed by atoms with E-state index in [9.17, 15) is 16.8 Å². The highest BCUT2D eigenvalue weighted by atomic mass is 33.2. The quantitative estimate of drug-likeness (QED) is 0.495. The molecule has 0 aromatic rings. The number of hydrogen-bond acceptors (Lipinski definition) is 7. The standard InChI is InChI=1S/C5H13NO6S4/c1-6(2)5(3-13-15(7,8)9)4-14-16(10,11)12/h5H,3-4H2,1-2H3,(H,7,8,9)(H,10,11,12). The Morgan fingerprint density at radius 2 is 1.31 bits per heavy atom. The van der Waals surface area contributed by atoms with Crippen LogP contribution >= 0.6 is 21.6 Å². The Morgan fingerprint density at radius 1 is 1.00 bits per heavy atom. The molecule has 0 aromatic heterocycles. The van der Waals surface area contributed by atoms with E-state index in [1.165, 1.54) is 0 Å². The molecule has 0 fully saturated rings. The minimum atomic E-state index is -4.14. The summed E-state index contributed by atoms with van der Waals surface area (Å²) in [5.74, 6) is 0.0166. The zero-order valence-electron chi connectivity index (χ0n) is 8.60. The first kappa shape index (κ1) is 16.5. The summed E-state index contributed by atoms with van der Waals surface area (Å²) in [4.78, 5) is 1.61. The second kappa shape index (κ2) is 6.42. The Labute approximate surface area is 102 Å². The smallest absolute Gasteiger partial charge is 0.305 e. The van der Waals surface area contributed by atoms with Crippen molar-refractivity contribution in [2.24, 2.45) is 0 Å². The molecule has 0 saturated heterocycles. The summed E-state index contributed by atoms with van der Waals surface area (Å²) in [5.41, 5.74) is 0. The van der Waals surface area contributed by atoms with Crippen molar-refractivity contribution in [3.63, 3.8) is 0 Å². The molecule has 0 aliphatic carbocycles. The van der Waals surface area contributed by atoms with Crippen molar-refractivity contribution in [3.8, 4) is 0 Å². The molecule has 0 radical (unpaired) electrons. The lowest BCUT2D eigenvalue weighted by Gasteiger charge is -2.21. The summed E-state index contributed by atoms with van der Waals surface area (Å²) in [6.45, 7) is 0. The van der Waals surface area contributed by atoms with E-state index in [0.717, 1.165) is 0 Å². The van der Waals surface area contributed by atoms with Gasteiger partial charge in [-0.15, -0.1) is 0 Å². The predicted molar refractivity (Wildman–Crippen MR) is 65.5 cm³/mol. The van der Waals surface area contributed by atoms with E-state index in [2.05, 4.69) is 0 Å². The van der Waals surface area contributed by atoms with Crippen molar-refractivity contribution in [1.29, 1.82) is 0 Å². The fourth-order valence-corrected chi connectivity index (χ4v) is 4.29. The molecule has 0 atom stereocenters. The van der Waals surface area contributed by atoms with Crippen LogP contribution in [0.5, 0.6) is 0 Å². The third kappa shape index (κ3) is 9.69. The van der Waals surface area contributed by atoms with Gasteiger partial charge in [0.15, 0.2) is 0 Å². The maximum Gasteiger partial charge on any atom is 0.319 e. The molecule has 16 heavy (non-hydrogen) atoms. The average molecular weight is 311 g/mol. The van der Waals surface area contributed by atoms with Gasteiger partial charge in [-0.05, 0) is 35.7 Å². The SMILES string of the molecule is CN(C)C(CSS(=O)(=O)O)CSS(=O)(=O)O. The topological polar surface area (TPSA) is 112 Å². The van der Waals surface area contributed by atoms with Gasteiger partial charge in [0, 0.05) is 17.5 Å². The van der Waals surface area contributed by atoms with Gasteiger partial charge >= 0.3 is 18.3 Å². The fourth-order valence-electron chi connectivity index (χ4n) is 0.675. The molecule has 0 aromatic carbocycles. The first-order chi connectivity index (χ1) is 7.01. The third-order valence-corrected chi connectivity index (χ3v) is 5.79. The lowest BCUT2D eigenvalue weighted by atomic mass is 10.4. The summed E-state index contributed by atoms with van der Waals surface area (Å²) >= 11 is 0. The molecular weight excluding hydrogens is 298 g/mol. The van der Waals surface area contributed by atoms with E-state index in [0.29, 0.717) is 21.6 Å². The zero-order chi connectivity index (χ0) is 13.0. The molecule has 7 nitrogen and oxygen atoms in total. The van der Waals surface area contributed by atoms with Crippen LogP contribution in [-0.4, -0.2) is 62.5 Å². The van der Waals surface area contributed by atoms with Gasteiger partial charge in [-0.3, -0.25) is 9.11 Å². The molecular formula is C5H13NO6S4. The molecule has 0 bridgehead atoms. The van der Waals surface area contributed by atoms with Crippen molar-refractivity contribution in [3.05, 3.63) is 0 Å². The Bertz CT molecular complexity index is 365. The highest BCUT2D eigenvalue weighted by Crippen LogP contribution is 2.18. The van der Waals surface area contributed by atoms with Crippen LogP contribution in [0.25, 0.3) is 0 Å². The van der Waals surface area contributed by atoms with Crippen LogP contribution in [0.3, 0.4) is 0 Å². The molecule has 0 aliphatic heterocycles. The van der Waals surface area contributed by atoms with Crippen LogP contribution in [0, 0.1) is 0 Å². The molecule has 0 spiro atoms. The summed E-state index contributed by atoms with van der Waals surface area (Å²) in [6, 6.07) is -0.404. The fraction of sp³-hybridized carbons (Fsp3) is 1.00. The van der Waals surface area contributed by atoms with Crippen LogP contribution in [-0.2, 0) is 18.3 Å². The monoisotopic (exact) mass is 311 g/mol. The van der Waals surface area contributed by atoms with Gasteiger partial charge in [-0.2, -0.15) is 16.8 Å². The Balaban J connectivity index is 4.30. The van der Waals surface area contributed by atoms with Crippen molar-refractivity contribution in [2.75, 3.05) is 25.6 Å². The highest BCUT2D eigenvalue weighted by molar-refractivity contribution is 8.70. The molecule has 0 aliphatic rings. The second-order valence-electron chi connectivity index (χ2n) is 3.04. The minimum absolute atomic E-state index is 0.00829. The molecule has 0 amide bonds. The van der Waals surface area contributed by atoms with Gasteiger partial charge in [0.2, 0.25) is 0 Å². The van der Waals surface area contributed by atoms with Gasteiger partial charge < -0.3 is 4.90 Å². The largest absolute Gasteiger partial charge is 0.319 e.